The number of ether oxygens (including phenoxy) is 1. The third-order valence-corrected chi connectivity index (χ3v) is 2.87. The fraction of sp³-hybridized carbons (Fsp3) is 0.214. The van der Waals surface area contributed by atoms with Crippen LogP contribution < -0.4 is 10.5 Å². The number of pyridine rings is 1. The molecule has 0 spiro atoms. The van der Waals surface area contributed by atoms with Crippen molar-refractivity contribution in [1.29, 1.82) is 0 Å². The molecule has 1 aromatic heterocycles. The fourth-order valence-corrected chi connectivity index (χ4v) is 1.80. The average Bonchev–Trinajstić information content (AvgIpc) is 2.41. The van der Waals surface area contributed by atoms with E-state index in [-0.39, 0.29) is 11.7 Å². The Morgan fingerprint density at radius 1 is 1.40 bits per heavy atom. The van der Waals surface area contributed by atoms with Gasteiger partial charge in [0.1, 0.15) is 5.75 Å². The zero-order valence-electron chi connectivity index (χ0n) is 11.2. The summed E-state index contributed by atoms with van der Waals surface area (Å²) in [6.07, 6.45) is 1.61. The number of nitrogens with two attached hydrogens (primary N) is 1. The standard InChI is InChI=1S/C14H15N3O3/c1-9-8-11(17(18)19)5-6-13(9)20-14-12(10(2)15)4-3-7-16-14/h3-8,10H,15H2,1-2H3/t10-/m1/s1. The molecule has 1 aromatic carbocycles. The zero-order valence-corrected chi connectivity index (χ0v) is 11.2. The number of rotatable bonds is 4. The molecule has 2 N–H and O–H groups in total. The molecule has 0 saturated heterocycles. The van der Waals surface area contributed by atoms with E-state index in [4.69, 9.17) is 10.5 Å². The van der Waals surface area contributed by atoms with Crippen LogP contribution >= 0.6 is 0 Å². The van der Waals surface area contributed by atoms with Crippen molar-refractivity contribution >= 4 is 5.69 Å². The molecule has 6 nitrogen and oxygen atoms in total. The molecule has 0 radical (unpaired) electrons. The second-order valence-electron chi connectivity index (χ2n) is 4.50. The van der Waals surface area contributed by atoms with Gasteiger partial charge < -0.3 is 10.5 Å². The number of aromatic nitrogens is 1. The summed E-state index contributed by atoms with van der Waals surface area (Å²) in [5.74, 6) is 0.940. The van der Waals surface area contributed by atoms with Gasteiger partial charge in [0.25, 0.3) is 5.69 Å². The van der Waals surface area contributed by atoms with Gasteiger partial charge in [-0.3, -0.25) is 10.1 Å². The lowest BCUT2D eigenvalue weighted by molar-refractivity contribution is -0.384. The molecule has 0 amide bonds. The van der Waals surface area contributed by atoms with Crippen LogP contribution in [0.5, 0.6) is 11.6 Å². The molecule has 6 heteroatoms. The van der Waals surface area contributed by atoms with E-state index in [0.717, 1.165) is 5.56 Å². The molecule has 1 atom stereocenters. The van der Waals surface area contributed by atoms with E-state index in [9.17, 15) is 10.1 Å². The van der Waals surface area contributed by atoms with Crippen molar-refractivity contribution in [2.24, 2.45) is 5.73 Å². The number of nitro benzene ring substituents is 1. The fourth-order valence-electron chi connectivity index (χ4n) is 1.80. The Bertz CT molecular complexity index is 641. The Kier molecular flexibility index (Phi) is 3.95. The van der Waals surface area contributed by atoms with Gasteiger partial charge in [0, 0.05) is 29.9 Å². The smallest absolute Gasteiger partial charge is 0.269 e. The third-order valence-electron chi connectivity index (χ3n) is 2.87. The molecule has 0 aliphatic heterocycles. The first-order valence-corrected chi connectivity index (χ1v) is 6.12. The maximum Gasteiger partial charge on any atom is 0.269 e. The highest BCUT2D eigenvalue weighted by Gasteiger charge is 2.13. The summed E-state index contributed by atoms with van der Waals surface area (Å²) in [5, 5.41) is 10.7. The van der Waals surface area contributed by atoms with Crippen molar-refractivity contribution < 1.29 is 9.66 Å². The second kappa shape index (κ2) is 5.66. The molecular formula is C14H15N3O3. The van der Waals surface area contributed by atoms with E-state index in [1.165, 1.54) is 12.1 Å². The van der Waals surface area contributed by atoms with E-state index < -0.39 is 4.92 Å². The molecule has 0 unspecified atom stereocenters. The van der Waals surface area contributed by atoms with Gasteiger partial charge in [-0.2, -0.15) is 0 Å². The van der Waals surface area contributed by atoms with E-state index >= 15 is 0 Å². The Balaban J connectivity index is 2.33. The molecule has 2 aromatic rings. The van der Waals surface area contributed by atoms with Crippen molar-refractivity contribution in [1.82, 2.24) is 4.98 Å². The number of aryl methyl sites for hydroxylation is 1. The number of benzene rings is 1. The maximum atomic E-state index is 10.7. The number of nitrogens with zero attached hydrogens (tertiary/aromatic N) is 2. The number of hydrogen-bond acceptors (Lipinski definition) is 5. The number of hydrogen-bond donors (Lipinski definition) is 1. The lowest BCUT2D eigenvalue weighted by Crippen LogP contribution is -2.07. The van der Waals surface area contributed by atoms with Crippen LogP contribution in [0.4, 0.5) is 5.69 Å². The van der Waals surface area contributed by atoms with Gasteiger partial charge >= 0.3 is 0 Å². The van der Waals surface area contributed by atoms with Gasteiger partial charge in [0.05, 0.1) is 4.92 Å². The predicted octanol–water partition coefficient (Wildman–Crippen LogP) is 3.11. The summed E-state index contributed by atoms with van der Waals surface area (Å²) in [6.45, 7) is 3.59. The summed E-state index contributed by atoms with van der Waals surface area (Å²) in [7, 11) is 0. The van der Waals surface area contributed by atoms with Crippen LogP contribution in [0.3, 0.4) is 0 Å². The molecule has 104 valence electrons. The van der Waals surface area contributed by atoms with Crippen LogP contribution in [0, 0.1) is 17.0 Å². The van der Waals surface area contributed by atoms with Gasteiger partial charge in [0.2, 0.25) is 5.88 Å². The van der Waals surface area contributed by atoms with Crippen LogP contribution in [0.25, 0.3) is 0 Å². The molecule has 0 aliphatic rings. The van der Waals surface area contributed by atoms with E-state index in [1.54, 1.807) is 25.3 Å². The zero-order chi connectivity index (χ0) is 14.7. The predicted molar refractivity (Wildman–Crippen MR) is 74.7 cm³/mol. The molecule has 0 saturated carbocycles. The Morgan fingerprint density at radius 3 is 2.75 bits per heavy atom. The number of nitro groups is 1. The van der Waals surface area contributed by atoms with Crippen molar-refractivity contribution in [3.63, 3.8) is 0 Å². The highest BCUT2D eigenvalue weighted by Crippen LogP contribution is 2.30. The normalized spacial score (nSPS) is 11.9. The Labute approximate surface area is 116 Å². The van der Waals surface area contributed by atoms with Crippen molar-refractivity contribution in [2.45, 2.75) is 19.9 Å². The summed E-state index contributed by atoms with van der Waals surface area (Å²) in [5.41, 5.74) is 7.34. The minimum absolute atomic E-state index is 0.0308. The van der Waals surface area contributed by atoms with Crippen molar-refractivity contribution in [2.75, 3.05) is 0 Å². The topological polar surface area (TPSA) is 91.3 Å². The molecule has 20 heavy (non-hydrogen) atoms. The molecule has 2 rings (SSSR count). The van der Waals surface area contributed by atoms with Gasteiger partial charge in [-0.25, -0.2) is 4.98 Å². The summed E-state index contributed by atoms with van der Waals surface area (Å²) in [6, 6.07) is 7.84. The highest BCUT2D eigenvalue weighted by atomic mass is 16.6. The first-order valence-electron chi connectivity index (χ1n) is 6.12. The maximum absolute atomic E-state index is 10.7. The number of non-ortho nitro benzene ring substituents is 1. The van der Waals surface area contributed by atoms with Gasteiger partial charge in [-0.05, 0) is 31.5 Å². The van der Waals surface area contributed by atoms with Crippen LogP contribution in [-0.2, 0) is 0 Å². The lowest BCUT2D eigenvalue weighted by Gasteiger charge is -2.13. The summed E-state index contributed by atoms with van der Waals surface area (Å²) in [4.78, 5) is 14.4. The third kappa shape index (κ3) is 2.92. The Morgan fingerprint density at radius 2 is 2.15 bits per heavy atom. The summed E-state index contributed by atoms with van der Waals surface area (Å²) >= 11 is 0. The highest BCUT2D eigenvalue weighted by molar-refractivity contribution is 5.45. The van der Waals surface area contributed by atoms with Crippen LogP contribution in [0.1, 0.15) is 24.1 Å². The monoisotopic (exact) mass is 273 g/mol. The average molecular weight is 273 g/mol. The summed E-state index contributed by atoms with van der Waals surface area (Å²) < 4.78 is 5.72. The van der Waals surface area contributed by atoms with Gasteiger partial charge in [-0.15, -0.1) is 0 Å². The van der Waals surface area contributed by atoms with Crippen molar-refractivity contribution in [3.05, 3.63) is 57.8 Å². The van der Waals surface area contributed by atoms with Crippen LogP contribution in [0.2, 0.25) is 0 Å². The SMILES string of the molecule is Cc1cc([N+](=O)[O-])ccc1Oc1ncccc1[C@@H](C)N. The molecule has 0 fully saturated rings. The van der Waals surface area contributed by atoms with E-state index in [2.05, 4.69) is 4.98 Å². The first kappa shape index (κ1) is 14.0. The Hall–Kier alpha value is -2.47. The molecule has 1 heterocycles. The minimum atomic E-state index is -0.440. The lowest BCUT2D eigenvalue weighted by atomic mass is 10.1. The van der Waals surface area contributed by atoms with Crippen LogP contribution in [-0.4, -0.2) is 9.91 Å². The van der Waals surface area contributed by atoms with Crippen molar-refractivity contribution in [3.8, 4) is 11.6 Å². The van der Waals surface area contributed by atoms with Gasteiger partial charge in [-0.1, -0.05) is 6.07 Å². The second-order valence-corrected chi connectivity index (χ2v) is 4.50. The van der Waals surface area contributed by atoms with Gasteiger partial charge in [0.15, 0.2) is 0 Å². The first-order chi connectivity index (χ1) is 9.49. The van der Waals surface area contributed by atoms with Crippen LogP contribution in [0.15, 0.2) is 36.5 Å². The molecule has 0 aliphatic carbocycles. The largest absolute Gasteiger partial charge is 0.438 e. The molecular weight excluding hydrogens is 258 g/mol. The van der Waals surface area contributed by atoms with E-state index in [1.807, 2.05) is 13.0 Å². The van der Waals surface area contributed by atoms with E-state index in [0.29, 0.717) is 17.2 Å². The quantitative estimate of drug-likeness (QED) is 0.682. The molecule has 0 bridgehead atoms. The minimum Gasteiger partial charge on any atom is -0.438 e.